The summed E-state index contributed by atoms with van der Waals surface area (Å²) >= 11 is 13.2. The molecule has 3 aromatic carbocycles. The summed E-state index contributed by atoms with van der Waals surface area (Å²) in [5, 5.41) is 10.1. The SMILES string of the molecule is N#CC(=Cc1cc(Br)c(OCc2cccc(F)c2)c(Br)c1)c1ccccc1Cl. The summed E-state index contributed by atoms with van der Waals surface area (Å²) in [5.74, 6) is 0.293. The molecule has 0 fully saturated rings. The van der Waals surface area contributed by atoms with Gasteiger partial charge in [-0.25, -0.2) is 4.39 Å². The van der Waals surface area contributed by atoms with Crippen LogP contribution in [0.15, 0.2) is 69.6 Å². The first-order valence-electron chi connectivity index (χ1n) is 8.21. The summed E-state index contributed by atoms with van der Waals surface area (Å²) < 4.78 is 20.6. The average molecular weight is 522 g/mol. The zero-order chi connectivity index (χ0) is 20.1. The first-order chi connectivity index (χ1) is 13.5. The second kappa shape index (κ2) is 9.38. The summed E-state index contributed by atoms with van der Waals surface area (Å²) in [7, 11) is 0. The molecular weight excluding hydrogens is 509 g/mol. The lowest BCUT2D eigenvalue weighted by Crippen LogP contribution is -1.98. The smallest absolute Gasteiger partial charge is 0.148 e. The van der Waals surface area contributed by atoms with Gasteiger partial charge in [0.25, 0.3) is 0 Å². The molecule has 0 amide bonds. The van der Waals surface area contributed by atoms with E-state index in [2.05, 4.69) is 37.9 Å². The molecule has 0 aliphatic carbocycles. The van der Waals surface area contributed by atoms with Gasteiger partial charge in [-0.05, 0) is 79.4 Å². The number of benzene rings is 3. The normalized spacial score (nSPS) is 11.2. The lowest BCUT2D eigenvalue weighted by molar-refractivity contribution is 0.301. The molecule has 0 heterocycles. The minimum absolute atomic E-state index is 0.229. The molecule has 0 unspecified atom stereocenters. The van der Waals surface area contributed by atoms with E-state index in [9.17, 15) is 9.65 Å². The van der Waals surface area contributed by atoms with E-state index in [1.54, 1.807) is 30.3 Å². The number of hydrogen-bond donors (Lipinski definition) is 0. The van der Waals surface area contributed by atoms with E-state index in [4.69, 9.17) is 16.3 Å². The van der Waals surface area contributed by atoms with E-state index in [-0.39, 0.29) is 12.4 Å². The standard InChI is InChI=1S/C22H13Br2ClFNO/c23-19-10-15(8-16(12-27)18-6-1-2-7-21(18)25)11-20(24)22(19)28-13-14-4-3-5-17(26)9-14/h1-11H,13H2. The monoisotopic (exact) mass is 519 g/mol. The second-order valence-electron chi connectivity index (χ2n) is 5.88. The van der Waals surface area contributed by atoms with E-state index in [1.807, 2.05) is 24.3 Å². The minimum Gasteiger partial charge on any atom is -0.487 e. The van der Waals surface area contributed by atoms with Gasteiger partial charge in [0, 0.05) is 10.6 Å². The first kappa shape index (κ1) is 20.6. The maximum absolute atomic E-state index is 13.3. The van der Waals surface area contributed by atoms with E-state index >= 15 is 0 Å². The Kier molecular flexibility index (Phi) is 6.90. The van der Waals surface area contributed by atoms with E-state index in [1.165, 1.54) is 12.1 Å². The van der Waals surface area contributed by atoms with Crippen LogP contribution >= 0.6 is 43.5 Å². The van der Waals surface area contributed by atoms with Gasteiger partial charge in [-0.1, -0.05) is 41.9 Å². The zero-order valence-electron chi connectivity index (χ0n) is 14.4. The van der Waals surface area contributed by atoms with Crippen molar-refractivity contribution < 1.29 is 9.13 Å². The van der Waals surface area contributed by atoms with E-state index in [0.717, 1.165) is 11.1 Å². The van der Waals surface area contributed by atoms with Gasteiger partial charge in [0.15, 0.2) is 0 Å². The highest BCUT2D eigenvalue weighted by Crippen LogP contribution is 2.36. The Labute approximate surface area is 184 Å². The van der Waals surface area contributed by atoms with Gasteiger partial charge in [0.2, 0.25) is 0 Å². The van der Waals surface area contributed by atoms with Crippen molar-refractivity contribution >= 4 is 55.1 Å². The summed E-state index contributed by atoms with van der Waals surface area (Å²) in [6.07, 6.45) is 1.76. The molecule has 0 atom stereocenters. The Morgan fingerprint density at radius 2 is 1.79 bits per heavy atom. The van der Waals surface area contributed by atoms with Crippen LogP contribution in [0.1, 0.15) is 16.7 Å². The van der Waals surface area contributed by atoms with Crippen LogP contribution in [-0.2, 0) is 6.61 Å². The average Bonchev–Trinajstić information content (AvgIpc) is 2.66. The maximum Gasteiger partial charge on any atom is 0.148 e. The summed E-state index contributed by atoms with van der Waals surface area (Å²) in [4.78, 5) is 0. The molecule has 3 rings (SSSR count). The molecule has 3 aromatic rings. The van der Waals surface area contributed by atoms with Crippen molar-refractivity contribution in [1.82, 2.24) is 0 Å². The van der Waals surface area contributed by atoms with Crippen LogP contribution in [-0.4, -0.2) is 0 Å². The fraction of sp³-hybridized carbons (Fsp3) is 0.0455. The van der Waals surface area contributed by atoms with Crippen LogP contribution < -0.4 is 4.74 Å². The number of nitrogens with zero attached hydrogens (tertiary/aromatic N) is 1. The molecule has 0 bridgehead atoms. The topological polar surface area (TPSA) is 33.0 Å². The molecule has 0 spiro atoms. The van der Waals surface area contributed by atoms with Gasteiger partial charge in [-0.3, -0.25) is 0 Å². The second-order valence-corrected chi connectivity index (χ2v) is 8.00. The third-order valence-corrected chi connectivity index (χ3v) is 5.40. The van der Waals surface area contributed by atoms with Crippen molar-refractivity contribution in [2.24, 2.45) is 0 Å². The van der Waals surface area contributed by atoms with Crippen LogP contribution in [0.25, 0.3) is 11.6 Å². The number of halogens is 4. The Morgan fingerprint density at radius 3 is 2.43 bits per heavy atom. The van der Waals surface area contributed by atoms with Crippen molar-refractivity contribution in [1.29, 1.82) is 5.26 Å². The van der Waals surface area contributed by atoms with E-state index < -0.39 is 0 Å². The van der Waals surface area contributed by atoms with Gasteiger partial charge in [-0.2, -0.15) is 5.26 Å². The van der Waals surface area contributed by atoms with Gasteiger partial charge in [0.05, 0.1) is 20.6 Å². The third kappa shape index (κ3) is 5.02. The summed E-state index contributed by atoms with van der Waals surface area (Å²) in [6.45, 7) is 0.229. The number of ether oxygens (including phenoxy) is 1. The van der Waals surface area contributed by atoms with Gasteiger partial charge in [0.1, 0.15) is 18.2 Å². The molecule has 0 saturated heterocycles. The van der Waals surface area contributed by atoms with Gasteiger partial charge < -0.3 is 4.74 Å². The third-order valence-electron chi connectivity index (χ3n) is 3.89. The number of hydrogen-bond acceptors (Lipinski definition) is 2. The molecular formula is C22H13Br2ClFNO. The van der Waals surface area contributed by atoms with Crippen LogP contribution in [0.5, 0.6) is 5.75 Å². The molecule has 0 radical (unpaired) electrons. The quantitative estimate of drug-likeness (QED) is 0.255. The maximum atomic E-state index is 13.3. The summed E-state index contributed by atoms with van der Waals surface area (Å²) in [6, 6.07) is 19.4. The molecule has 28 heavy (non-hydrogen) atoms. The number of nitriles is 1. The first-order valence-corrected chi connectivity index (χ1v) is 10.2. The highest BCUT2D eigenvalue weighted by molar-refractivity contribution is 9.11. The Morgan fingerprint density at radius 1 is 1.07 bits per heavy atom. The number of rotatable bonds is 5. The predicted octanol–water partition coefficient (Wildman–Crippen LogP) is 7.65. The van der Waals surface area contributed by atoms with Crippen molar-refractivity contribution in [2.45, 2.75) is 6.61 Å². The van der Waals surface area contributed by atoms with Crippen LogP contribution in [0.2, 0.25) is 5.02 Å². The number of allylic oxidation sites excluding steroid dienone is 1. The Balaban J connectivity index is 1.87. The largest absolute Gasteiger partial charge is 0.487 e. The lowest BCUT2D eigenvalue weighted by Gasteiger charge is -2.12. The summed E-state index contributed by atoms with van der Waals surface area (Å²) in [5.41, 5.74) is 2.66. The van der Waals surface area contributed by atoms with Crippen LogP contribution in [0.3, 0.4) is 0 Å². The van der Waals surface area contributed by atoms with Crippen molar-refractivity contribution in [3.8, 4) is 11.8 Å². The lowest BCUT2D eigenvalue weighted by atomic mass is 10.0. The molecule has 140 valence electrons. The predicted molar refractivity (Wildman–Crippen MR) is 118 cm³/mol. The van der Waals surface area contributed by atoms with Crippen molar-refractivity contribution in [3.05, 3.63) is 97.1 Å². The molecule has 0 aromatic heterocycles. The van der Waals surface area contributed by atoms with Crippen molar-refractivity contribution in [3.63, 3.8) is 0 Å². The minimum atomic E-state index is -0.302. The van der Waals surface area contributed by atoms with E-state index in [0.29, 0.717) is 30.9 Å². The molecule has 2 nitrogen and oxygen atoms in total. The van der Waals surface area contributed by atoms with Crippen LogP contribution in [0, 0.1) is 17.1 Å². The Hall–Kier alpha value is -2.13. The van der Waals surface area contributed by atoms with Gasteiger partial charge >= 0.3 is 0 Å². The van der Waals surface area contributed by atoms with Crippen molar-refractivity contribution in [2.75, 3.05) is 0 Å². The van der Waals surface area contributed by atoms with Crippen LogP contribution in [0.4, 0.5) is 4.39 Å². The van der Waals surface area contributed by atoms with Gasteiger partial charge in [-0.15, -0.1) is 0 Å². The molecule has 6 heteroatoms. The zero-order valence-corrected chi connectivity index (χ0v) is 18.4. The fourth-order valence-electron chi connectivity index (χ4n) is 2.60. The Bertz CT molecular complexity index is 1070. The molecule has 0 aliphatic rings. The molecule has 0 saturated carbocycles. The molecule has 0 N–H and O–H groups in total. The fourth-order valence-corrected chi connectivity index (χ4v) is 4.29. The highest BCUT2D eigenvalue weighted by Gasteiger charge is 2.11. The molecule has 0 aliphatic heterocycles. The highest BCUT2D eigenvalue weighted by atomic mass is 79.9.